The Morgan fingerprint density at radius 1 is 1.33 bits per heavy atom. The zero-order chi connectivity index (χ0) is 13.1. The molecule has 18 heavy (non-hydrogen) atoms. The van der Waals surface area contributed by atoms with Gasteiger partial charge in [-0.05, 0) is 25.8 Å². The minimum Gasteiger partial charge on any atom is -0.322 e. The monoisotopic (exact) mass is 246 g/mol. The topological polar surface area (TPSA) is 32.3 Å². The van der Waals surface area contributed by atoms with Gasteiger partial charge in [0.15, 0.2) is 0 Å². The molecule has 0 aliphatic carbocycles. The minimum absolute atomic E-state index is 0.0135. The van der Waals surface area contributed by atoms with Gasteiger partial charge in [0.1, 0.15) is 6.17 Å². The van der Waals surface area contributed by atoms with Crippen molar-refractivity contribution in [1.29, 1.82) is 0 Å². The third kappa shape index (κ3) is 2.41. The third-order valence-electron chi connectivity index (χ3n) is 3.53. The summed E-state index contributed by atoms with van der Waals surface area (Å²) in [4.78, 5) is 14.2. The third-order valence-corrected chi connectivity index (χ3v) is 3.53. The Morgan fingerprint density at radius 2 is 2.11 bits per heavy atom. The molecule has 0 spiro atoms. The molecule has 0 aromatic heterocycles. The van der Waals surface area contributed by atoms with Crippen molar-refractivity contribution in [3.05, 3.63) is 35.4 Å². The molecule has 1 saturated heterocycles. The van der Waals surface area contributed by atoms with Crippen molar-refractivity contribution in [2.45, 2.75) is 45.8 Å². The normalized spacial score (nSPS) is 23.7. The summed E-state index contributed by atoms with van der Waals surface area (Å²) < 4.78 is 0. The highest BCUT2D eigenvalue weighted by Crippen LogP contribution is 2.27. The van der Waals surface area contributed by atoms with Gasteiger partial charge in [-0.3, -0.25) is 10.1 Å². The molecule has 2 rings (SSSR count). The number of nitrogens with zero attached hydrogens (tertiary/aromatic N) is 1. The summed E-state index contributed by atoms with van der Waals surface area (Å²) >= 11 is 0. The summed E-state index contributed by atoms with van der Waals surface area (Å²) in [5.41, 5.74) is 2.42. The van der Waals surface area contributed by atoms with E-state index in [1.807, 2.05) is 11.8 Å². The van der Waals surface area contributed by atoms with E-state index in [0.29, 0.717) is 0 Å². The fourth-order valence-corrected chi connectivity index (χ4v) is 2.63. The van der Waals surface area contributed by atoms with E-state index in [1.165, 1.54) is 11.1 Å². The molecule has 0 bridgehead atoms. The van der Waals surface area contributed by atoms with Gasteiger partial charge in [0.25, 0.3) is 0 Å². The van der Waals surface area contributed by atoms with E-state index in [1.54, 1.807) is 0 Å². The van der Waals surface area contributed by atoms with Crippen LogP contribution in [-0.2, 0) is 4.79 Å². The molecular weight excluding hydrogens is 224 g/mol. The first-order valence-corrected chi connectivity index (χ1v) is 6.80. The summed E-state index contributed by atoms with van der Waals surface area (Å²) in [6, 6.07) is 8.37. The van der Waals surface area contributed by atoms with Crippen LogP contribution in [0.4, 0.5) is 0 Å². The fraction of sp³-hybridized carbons (Fsp3) is 0.533. The van der Waals surface area contributed by atoms with Crippen LogP contribution in [0.15, 0.2) is 24.3 Å². The lowest BCUT2D eigenvalue weighted by Crippen LogP contribution is -2.30. The highest BCUT2D eigenvalue weighted by molar-refractivity contribution is 5.84. The van der Waals surface area contributed by atoms with Crippen molar-refractivity contribution >= 4 is 5.91 Å². The SMILES string of the molecule is CCCC1NC(c2cccc(C)c2)N(CC)C1=O. The Balaban J connectivity index is 2.24. The first kappa shape index (κ1) is 13.1. The smallest absolute Gasteiger partial charge is 0.241 e. The molecular formula is C15H22N2O. The van der Waals surface area contributed by atoms with E-state index < -0.39 is 0 Å². The van der Waals surface area contributed by atoms with Gasteiger partial charge in [-0.25, -0.2) is 0 Å². The number of rotatable bonds is 4. The Labute approximate surface area is 109 Å². The van der Waals surface area contributed by atoms with Crippen LogP contribution in [-0.4, -0.2) is 23.4 Å². The number of nitrogens with one attached hydrogen (secondary N) is 1. The minimum atomic E-state index is -0.0135. The maximum atomic E-state index is 12.3. The molecule has 1 heterocycles. The zero-order valence-corrected chi connectivity index (χ0v) is 11.4. The number of benzene rings is 1. The van der Waals surface area contributed by atoms with Gasteiger partial charge in [-0.2, -0.15) is 0 Å². The van der Waals surface area contributed by atoms with E-state index in [4.69, 9.17) is 0 Å². The van der Waals surface area contributed by atoms with Crippen molar-refractivity contribution in [1.82, 2.24) is 10.2 Å². The fourth-order valence-electron chi connectivity index (χ4n) is 2.63. The highest BCUT2D eigenvalue weighted by atomic mass is 16.2. The second-order valence-corrected chi connectivity index (χ2v) is 4.95. The molecule has 3 heteroatoms. The van der Waals surface area contributed by atoms with Crippen LogP contribution in [0.2, 0.25) is 0 Å². The molecule has 0 radical (unpaired) electrons. The van der Waals surface area contributed by atoms with Gasteiger partial charge in [0.2, 0.25) is 5.91 Å². The average molecular weight is 246 g/mol. The molecule has 98 valence electrons. The van der Waals surface area contributed by atoms with Gasteiger partial charge >= 0.3 is 0 Å². The number of aryl methyl sites for hydroxylation is 1. The average Bonchev–Trinajstić information content (AvgIpc) is 2.67. The predicted molar refractivity (Wildman–Crippen MR) is 73.1 cm³/mol. The van der Waals surface area contributed by atoms with Crippen LogP contribution in [0.5, 0.6) is 0 Å². The molecule has 1 aliphatic rings. The number of hydrogen-bond acceptors (Lipinski definition) is 2. The summed E-state index contributed by atoms with van der Waals surface area (Å²) in [7, 11) is 0. The maximum Gasteiger partial charge on any atom is 0.241 e. The number of carbonyl (C=O) groups is 1. The van der Waals surface area contributed by atoms with Gasteiger partial charge < -0.3 is 4.90 Å². The highest BCUT2D eigenvalue weighted by Gasteiger charge is 2.37. The van der Waals surface area contributed by atoms with Crippen LogP contribution in [0.3, 0.4) is 0 Å². The Bertz CT molecular complexity index is 430. The van der Waals surface area contributed by atoms with Gasteiger partial charge in [0, 0.05) is 6.54 Å². The summed E-state index contributed by atoms with van der Waals surface area (Å²) in [5, 5.41) is 3.46. The zero-order valence-electron chi connectivity index (χ0n) is 11.4. The van der Waals surface area contributed by atoms with E-state index in [2.05, 4.69) is 43.4 Å². The second-order valence-electron chi connectivity index (χ2n) is 4.95. The van der Waals surface area contributed by atoms with Crippen LogP contribution in [0.25, 0.3) is 0 Å². The van der Waals surface area contributed by atoms with E-state index >= 15 is 0 Å². The van der Waals surface area contributed by atoms with Crippen LogP contribution in [0.1, 0.15) is 44.0 Å². The van der Waals surface area contributed by atoms with Crippen molar-refractivity contribution in [2.24, 2.45) is 0 Å². The molecule has 1 fully saturated rings. The van der Waals surface area contributed by atoms with Gasteiger partial charge in [-0.1, -0.05) is 43.2 Å². The molecule has 1 aliphatic heterocycles. The molecule has 1 amide bonds. The molecule has 0 saturated carbocycles. The molecule has 1 aromatic carbocycles. The number of amides is 1. The second kappa shape index (κ2) is 5.53. The standard InChI is InChI=1S/C15H22N2O/c1-4-7-13-15(18)17(5-2)14(16-13)12-9-6-8-11(3)10-12/h6,8-10,13-14,16H,4-5,7H2,1-3H3. The molecule has 1 aromatic rings. The predicted octanol–water partition coefficient (Wildman–Crippen LogP) is 2.61. The van der Waals surface area contributed by atoms with Crippen molar-refractivity contribution in [3.8, 4) is 0 Å². The van der Waals surface area contributed by atoms with Crippen molar-refractivity contribution < 1.29 is 4.79 Å². The van der Waals surface area contributed by atoms with Crippen molar-refractivity contribution in [2.75, 3.05) is 6.54 Å². The number of hydrogen-bond donors (Lipinski definition) is 1. The Hall–Kier alpha value is -1.35. The summed E-state index contributed by atoms with van der Waals surface area (Å²) in [6.45, 7) is 6.99. The van der Waals surface area contributed by atoms with Crippen LogP contribution >= 0.6 is 0 Å². The number of likely N-dealkylation sites (N-methyl/N-ethyl adjacent to an activating group) is 1. The van der Waals surface area contributed by atoms with Gasteiger partial charge in [-0.15, -0.1) is 0 Å². The quantitative estimate of drug-likeness (QED) is 0.885. The lowest BCUT2D eigenvalue weighted by molar-refractivity contribution is -0.130. The molecule has 2 unspecified atom stereocenters. The van der Waals surface area contributed by atoms with E-state index in [0.717, 1.165) is 19.4 Å². The summed E-state index contributed by atoms with van der Waals surface area (Å²) in [5.74, 6) is 0.242. The van der Waals surface area contributed by atoms with E-state index in [9.17, 15) is 4.79 Å². The first-order valence-electron chi connectivity index (χ1n) is 6.80. The largest absolute Gasteiger partial charge is 0.322 e. The molecule has 1 N–H and O–H groups in total. The summed E-state index contributed by atoms with van der Waals surface area (Å²) in [6.07, 6.45) is 1.98. The maximum absolute atomic E-state index is 12.3. The van der Waals surface area contributed by atoms with Gasteiger partial charge in [0.05, 0.1) is 6.04 Å². The van der Waals surface area contributed by atoms with Crippen LogP contribution in [0, 0.1) is 6.92 Å². The Morgan fingerprint density at radius 3 is 2.72 bits per heavy atom. The van der Waals surface area contributed by atoms with Crippen molar-refractivity contribution in [3.63, 3.8) is 0 Å². The van der Waals surface area contributed by atoms with E-state index in [-0.39, 0.29) is 18.1 Å². The lowest BCUT2D eigenvalue weighted by atomic mass is 10.1. The molecule has 3 nitrogen and oxygen atoms in total. The van der Waals surface area contributed by atoms with Crippen LogP contribution < -0.4 is 5.32 Å². The number of carbonyl (C=O) groups excluding carboxylic acids is 1. The molecule has 2 atom stereocenters. The Kier molecular flexibility index (Phi) is 4.02. The first-order chi connectivity index (χ1) is 8.67. The lowest BCUT2D eigenvalue weighted by Gasteiger charge is -2.23.